The number of fused-ring (bicyclic) bond motifs is 3. The van der Waals surface area contributed by atoms with E-state index in [2.05, 4.69) is 41.0 Å². The number of anilines is 1. The van der Waals surface area contributed by atoms with Gasteiger partial charge in [0.15, 0.2) is 0 Å². The molecule has 0 aromatic heterocycles. The van der Waals surface area contributed by atoms with Crippen LogP contribution in [0.3, 0.4) is 0 Å². The predicted octanol–water partition coefficient (Wildman–Crippen LogP) is 4.85. The Morgan fingerprint density at radius 1 is 0.680 bits per heavy atom. The third-order valence-corrected chi connectivity index (χ3v) is 4.85. The molecule has 2 N–H and O–H groups in total. The van der Waals surface area contributed by atoms with Gasteiger partial charge in [-0.25, -0.2) is 0 Å². The molecule has 0 radical (unpaired) electrons. The van der Waals surface area contributed by atoms with E-state index >= 15 is 0 Å². The molecule has 0 aliphatic carbocycles. The average molecular weight is 324 g/mol. The number of carbonyl (C=O) groups excluding carboxylic acids is 1. The number of nitrogens with one attached hydrogen (secondary N) is 2. The Labute approximate surface area is 145 Å². The van der Waals surface area contributed by atoms with Gasteiger partial charge in [-0.3, -0.25) is 4.79 Å². The molecule has 4 aromatic rings. The molecular weight excluding hydrogens is 308 g/mol. The van der Waals surface area contributed by atoms with Crippen molar-refractivity contribution in [3.63, 3.8) is 0 Å². The van der Waals surface area contributed by atoms with Gasteiger partial charge in [0.25, 0.3) is 5.91 Å². The summed E-state index contributed by atoms with van der Waals surface area (Å²) >= 11 is 0. The number of carbonyl (C=O) groups is 1. The van der Waals surface area contributed by atoms with Gasteiger partial charge in [-0.05, 0) is 39.7 Å². The molecule has 25 heavy (non-hydrogen) atoms. The Hall–Kier alpha value is -3.33. The Bertz CT molecular complexity index is 1080. The highest BCUT2D eigenvalue weighted by molar-refractivity contribution is 6.06. The van der Waals surface area contributed by atoms with Crippen LogP contribution >= 0.6 is 0 Å². The lowest BCUT2D eigenvalue weighted by Gasteiger charge is -2.30. The number of para-hydroxylation sites is 1. The number of rotatable bonds is 1. The standard InChI is InChI=1S/C22H16N2O/c25-22-18-11-5-6-12-19(18)23-21(24-22)20-16-9-3-1-7-14(16)13-15-8-2-4-10-17(15)20/h1-13,21,23H,(H,24,25). The molecule has 0 spiro atoms. The summed E-state index contributed by atoms with van der Waals surface area (Å²) in [4.78, 5) is 12.6. The Kier molecular flexibility index (Phi) is 3.01. The molecule has 3 heteroatoms. The van der Waals surface area contributed by atoms with Crippen LogP contribution < -0.4 is 10.6 Å². The van der Waals surface area contributed by atoms with Crippen LogP contribution in [-0.4, -0.2) is 5.91 Å². The molecule has 5 rings (SSSR count). The van der Waals surface area contributed by atoms with Gasteiger partial charge >= 0.3 is 0 Å². The summed E-state index contributed by atoms with van der Waals surface area (Å²) < 4.78 is 0. The first kappa shape index (κ1) is 14.1. The van der Waals surface area contributed by atoms with Crippen LogP contribution in [0.4, 0.5) is 5.69 Å². The first-order valence-electron chi connectivity index (χ1n) is 8.38. The van der Waals surface area contributed by atoms with E-state index in [1.54, 1.807) is 0 Å². The van der Waals surface area contributed by atoms with E-state index in [0.29, 0.717) is 5.56 Å². The van der Waals surface area contributed by atoms with Crippen LogP contribution in [-0.2, 0) is 0 Å². The highest BCUT2D eigenvalue weighted by Crippen LogP contribution is 2.35. The first-order valence-corrected chi connectivity index (χ1v) is 8.38. The molecule has 1 amide bonds. The van der Waals surface area contributed by atoms with Crippen molar-refractivity contribution < 1.29 is 4.79 Å². The SMILES string of the molecule is O=C1NC(c2c3ccccc3cc3ccccc23)Nc2ccccc21. The fraction of sp³-hybridized carbons (Fsp3) is 0.0455. The molecule has 4 aromatic carbocycles. The van der Waals surface area contributed by atoms with E-state index < -0.39 is 0 Å². The van der Waals surface area contributed by atoms with E-state index in [4.69, 9.17) is 0 Å². The highest BCUT2D eigenvalue weighted by Gasteiger charge is 2.26. The lowest BCUT2D eigenvalue weighted by atomic mass is 9.93. The third-order valence-electron chi connectivity index (χ3n) is 4.85. The summed E-state index contributed by atoms with van der Waals surface area (Å²) in [5.41, 5.74) is 2.66. The van der Waals surface area contributed by atoms with E-state index in [1.807, 2.05) is 48.5 Å². The molecule has 0 saturated heterocycles. The minimum atomic E-state index is -0.265. The zero-order valence-electron chi connectivity index (χ0n) is 13.5. The number of amides is 1. The second kappa shape index (κ2) is 5.35. The van der Waals surface area contributed by atoms with Crippen molar-refractivity contribution in [3.8, 4) is 0 Å². The number of hydrogen-bond donors (Lipinski definition) is 2. The molecule has 0 saturated carbocycles. The normalized spacial score (nSPS) is 16.3. The van der Waals surface area contributed by atoms with Crippen molar-refractivity contribution >= 4 is 33.1 Å². The van der Waals surface area contributed by atoms with Crippen molar-refractivity contribution in [3.05, 3.63) is 90.0 Å². The molecule has 0 fully saturated rings. The second-order valence-corrected chi connectivity index (χ2v) is 6.33. The van der Waals surface area contributed by atoms with Crippen molar-refractivity contribution in [2.24, 2.45) is 0 Å². The van der Waals surface area contributed by atoms with Crippen molar-refractivity contribution in [1.29, 1.82) is 0 Å². The van der Waals surface area contributed by atoms with Gasteiger partial charge in [0.1, 0.15) is 6.17 Å². The quantitative estimate of drug-likeness (QED) is 0.492. The van der Waals surface area contributed by atoms with Gasteiger partial charge in [0.05, 0.1) is 5.56 Å². The van der Waals surface area contributed by atoms with Crippen molar-refractivity contribution in [2.75, 3.05) is 5.32 Å². The van der Waals surface area contributed by atoms with Crippen LogP contribution in [0.5, 0.6) is 0 Å². The van der Waals surface area contributed by atoms with Gasteiger partial charge in [-0.15, -0.1) is 0 Å². The van der Waals surface area contributed by atoms with Crippen LogP contribution in [0, 0.1) is 0 Å². The lowest BCUT2D eigenvalue weighted by Crippen LogP contribution is -2.38. The van der Waals surface area contributed by atoms with Crippen LogP contribution in [0.2, 0.25) is 0 Å². The fourth-order valence-corrected chi connectivity index (χ4v) is 3.71. The fourth-order valence-electron chi connectivity index (χ4n) is 3.71. The maximum absolute atomic E-state index is 12.6. The summed E-state index contributed by atoms with van der Waals surface area (Å²) in [6.45, 7) is 0. The number of hydrogen-bond acceptors (Lipinski definition) is 2. The topological polar surface area (TPSA) is 41.1 Å². The van der Waals surface area contributed by atoms with Crippen molar-refractivity contribution in [1.82, 2.24) is 5.32 Å². The summed E-state index contributed by atoms with van der Waals surface area (Å²) in [6.07, 6.45) is -0.265. The Morgan fingerprint density at radius 2 is 1.28 bits per heavy atom. The van der Waals surface area contributed by atoms with Crippen LogP contribution in [0.15, 0.2) is 78.9 Å². The summed E-state index contributed by atoms with van der Waals surface area (Å²) in [5, 5.41) is 11.3. The predicted molar refractivity (Wildman–Crippen MR) is 102 cm³/mol. The van der Waals surface area contributed by atoms with Gasteiger partial charge in [-0.1, -0.05) is 60.7 Å². The average Bonchev–Trinajstić information content (AvgIpc) is 2.66. The van der Waals surface area contributed by atoms with Crippen LogP contribution in [0.25, 0.3) is 21.5 Å². The minimum absolute atomic E-state index is 0.0450. The Morgan fingerprint density at radius 3 is 2.00 bits per heavy atom. The van der Waals surface area contributed by atoms with Gasteiger partial charge < -0.3 is 10.6 Å². The smallest absolute Gasteiger partial charge is 0.255 e. The van der Waals surface area contributed by atoms with Crippen LogP contribution in [0.1, 0.15) is 22.1 Å². The number of benzene rings is 4. The first-order chi connectivity index (χ1) is 12.3. The molecular formula is C22H16N2O. The van der Waals surface area contributed by atoms with Gasteiger partial charge in [0, 0.05) is 11.3 Å². The van der Waals surface area contributed by atoms with E-state index in [9.17, 15) is 4.79 Å². The minimum Gasteiger partial charge on any atom is -0.361 e. The summed E-state index contributed by atoms with van der Waals surface area (Å²) in [5.74, 6) is -0.0450. The van der Waals surface area contributed by atoms with E-state index in [-0.39, 0.29) is 12.1 Å². The summed E-state index contributed by atoms with van der Waals surface area (Å²) in [7, 11) is 0. The van der Waals surface area contributed by atoms with E-state index in [0.717, 1.165) is 22.0 Å². The molecule has 1 atom stereocenters. The second-order valence-electron chi connectivity index (χ2n) is 6.33. The maximum Gasteiger partial charge on any atom is 0.255 e. The van der Waals surface area contributed by atoms with E-state index in [1.165, 1.54) is 10.8 Å². The van der Waals surface area contributed by atoms with Gasteiger partial charge in [0.2, 0.25) is 0 Å². The monoisotopic (exact) mass is 324 g/mol. The van der Waals surface area contributed by atoms with Crippen molar-refractivity contribution in [2.45, 2.75) is 6.17 Å². The maximum atomic E-state index is 12.6. The lowest BCUT2D eigenvalue weighted by molar-refractivity contribution is 0.0936. The molecule has 1 unspecified atom stereocenters. The largest absolute Gasteiger partial charge is 0.361 e. The highest BCUT2D eigenvalue weighted by atomic mass is 16.2. The zero-order valence-corrected chi connectivity index (χ0v) is 13.5. The molecule has 120 valence electrons. The van der Waals surface area contributed by atoms with Gasteiger partial charge in [-0.2, -0.15) is 0 Å². The molecule has 1 heterocycles. The zero-order chi connectivity index (χ0) is 16.8. The molecule has 0 bridgehead atoms. The molecule has 3 nitrogen and oxygen atoms in total. The Balaban J connectivity index is 1.78. The summed E-state index contributed by atoms with van der Waals surface area (Å²) in [6, 6.07) is 26.5. The molecule has 1 aliphatic heterocycles. The third kappa shape index (κ3) is 2.17. The molecule has 1 aliphatic rings.